The van der Waals surface area contributed by atoms with Gasteiger partial charge in [-0.1, -0.05) is 12.8 Å². The van der Waals surface area contributed by atoms with Gasteiger partial charge in [0.05, 0.1) is 6.10 Å². The summed E-state index contributed by atoms with van der Waals surface area (Å²) in [4.78, 5) is 2.60. The van der Waals surface area contributed by atoms with Crippen molar-refractivity contribution in [1.82, 2.24) is 4.90 Å². The molecule has 17 heavy (non-hydrogen) atoms. The molecule has 1 aliphatic carbocycles. The number of piperidine rings is 1. The van der Waals surface area contributed by atoms with Crippen molar-refractivity contribution in [1.29, 1.82) is 0 Å². The Bertz CT molecular complexity index is 214. The first-order valence-electron chi connectivity index (χ1n) is 7.39. The van der Waals surface area contributed by atoms with Crippen LogP contribution in [0.2, 0.25) is 0 Å². The van der Waals surface area contributed by atoms with E-state index in [0.717, 1.165) is 12.5 Å². The largest absolute Gasteiger partial charge is 0.378 e. The Morgan fingerprint density at radius 1 is 1.12 bits per heavy atom. The minimum Gasteiger partial charge on any atom is -0.378 e. The Balaban J connectivity index is 1.70. The molecule has 1 saturated carbocycles. The average Bonchev–Trinajstić information content (AvgIpc) is 2.35. The van der Waals surface area contributed by atoms with E-state index in [2.05, 4.69) is 11.8 Å². The minimum atomic E-state index is 0.452. The normalized spacial score (nSPS) is 32.8. The molecule has 0 radical (unpaired) electrons. The third-order valence-electron chi connectivity index (χ3n) is 4.40. The number of nitrogens with two attached hydrogens (primary N) is 1. The van der Waals surface area contributed by atoms with Crippen molar-refractivity contribution < 1.29 is 4.74 Å². The second kappa shape index (κ2) is 6.72. The maximum absolute atomic E-state index is 6.22. The molecule has 1 heterocycles. The molecule has 0 aromatic rings. The van der Waals surface area contributed by atoms with E-state index in [9.17, 15) is 0 Å². The summed E-state index contributed by atoms with van der Waals surface area (Å²) in [6, 6.07) is 0.452. The molecule has 3 nitrogen and oxygen atoms in total. The molecule has 2 atom stereocenters. The Labute approximate surface area is 106 Å². The van der Waals surface area contributed by atoms with Gasteiger partial charge >= 0.3 is 0 Å². The van der Waals surface area contributed by atoms with E-state index in [1.54, 1.807) is 0 Å². The third kappa shape index (κ3) is 3.94. The molecule has 2 rings (SSSR count). The fourth-order valence-electron chi connectivity index (χ4n) is 3.29. The summed E-state index contributed by atoms with van der Waals surface area (Å²) in [5.74, 6) is 0.743. The van der Waals surface area contributed by atoms with E-state index < -0.39 is 0 Å². The highest BCUT2D eigenvalue weighted by Gasteiger charge is 2.26. The lowest BCUT2D eigenvalue weighted by Gasteiger charge is -2.37. The van der Waals surface area contributed by atoms with Gasteiger partial charge in [0.1, 0.15) is 0 Å². The smallest absolute Gasteiger partial charge is 0.0599 e. The van der Waals surface area contributed by atoms with Crippen LogP contribution in [0.1, 0.15) is 45.4 Å². The third-order valence-corrected chi connectivity index (χ3v) is 4.40. The second-order valence-electron chi connectivity index (χ2n) is 5.66. The highest BCUT2D eigenvalue weighted by molar-refractivity contribution is 4.82. The van der Waals surface area contributed by atoms with Crippen LogP contribution in [0.4, 0.5) is 0 Å². The summed E-state index contributed by atoms with van der Waals surface area (Å²) < 4.78 is 5.69. The topological polar surface area (TPSA) is 38.5 Å². The van der Waals surface area contributed by atoms with Crippen LogP contribution in [0.5, 0.6) is 0 Å². The van der Waals surface area contributed by atoms with E-state index in [4.69, 9.17) is 10.5 Å². The quantitative estimate of drug-likeness (QED) is 0.817. The molecular formula is C14H28N2O. The van der Waals surface area contributed by atoms with Crippen LogP contribution in [0, 0.1) is 5.92 Å². The summed E-state index contributed by atoms with van der Waals surface area (Å²) in [5.41, 5.74) is 6.22. The molecular weight excluding hydrogens is 212 g/mol. The summed E-state index contributed by atoms with van der Waals surface area (Å²) in [6.07, 6.45) is 8.21. The Hall–Kier alpha value is -0.120. The lowest BCUT2D eigenvalue weighted by atomic mass is 9.84. The van der Waals surface area contributed by atoms with Crippen LogP contribution in [-0.2, 0) is 4.74 Å². The van der Waals surface area contributed by atoms with Gasteiger partial charge in [-0.15, -0.1) is 0 Å². The van der Waals surface area contributed by atoms with Crippen molar-refractivity contribution >= 4 is 0 Å². The number of hydrogen-bond donors (Lipinski definition) is 1. The molecule has 2 fully saturated rings. The molecule has 2 aliphatic rings. The maximum Gasteiger partial charge on any atom is 0.0599 e. The highest BCUT2D eigenvalue weighted by Crippen LogP contribution is 2.25. The predicted octanol–water partition coefficient (Wildman–Crippen LogP) is 2.00. The summed E-state index contributed by atoms with van der Waals surface area (Å²) in [6.45, 7) is 6.58. The zero-order valence-corrected chi connectivity index (χ0v) is 11.2. The molecule has 0 amide bonds. The fourth-order valence-corrected chi connectivity index (χ4v) is 3.29. The zero-order valence-electron chi connectivity index (χ0n) is 11.2. The number of rotatable bonds is 4. The van der Waals surface area contributed by atoms with Crippen LogP contribution >= 0.6 is 0 Å². The minimum absolute atomic E-state index is 0.452. The van der Waals surface area contributed by atoms with Crippen LogP contribution in [0.3, 0.4) is 0 Å². The standard InChI is InChI=1S/C14H28N2O/c1-2-17-13-7-9-16(10-8-13)11-12-5-3-4-6-14(12)15/h12-14H,2-11,15H2,1H3. The first-order valence-corrected chi connectivity index (χ1v) is 7.39. The Morgan fingerprint density at radius 2 is 1.82 bits per heavy atom. The number of nitrogens with zero attached hydrogens (tertiary/aromatic N) is 1. The first-order chi connectivity index (χ1) is 8.29. The van der Waals surface area contributed by atoms with Crippen LogP contribution in [0.15, 0.2) is 0 Å². The molecule has 3 heteroatoms. The van der Waals surface area contributed by atoms with Gasteiger partial charge in [0.25, 0.3) is 0 Å². The highest BCUT2D eigenvalue weighted by atomic mass is 16.5. The molecule has 0 aromatic carbocycles. The number of ether oxygens (including phenoxy) is 1. The second-order valence-corrected chi connectivity index (χ2v) is 5.66. The van der Waals surface area contributed by atoms with Crippen molar-refractivity contribution in [3.8, 4) is 0 Å². The van der Waals surface area contributed by atoms with Crippen molar-refractivity contribution in [3.05, 3.63) is 0 Å². The molecule has 2 N–H and O–H groups in total. The molecule has 100 valence electrons. The maximum atomic E-state index is 6.22. The van der Waals surface area contributed by atoms with E-state index in [-0.39, 0.29) is 0 Å². The molecule has 0 bridgehead atoms. The van der Waals surface area contributed by atoms with E-state index in [1.165, 1.54) is 58.2 Å². The van der Waals surface area contributed by atoms with E-state index >= 15 is 0 Å². The SMILES string of the molecule is CCOC1CCN(CC2CCCCC2N)CC1. The summed E-state index contributed by atoms with van der Waals surface area (Å²) in [7, 11) is 0. The monoisotopic (exact) mass is 240 g/mol. The van der Waals surface area contributed by atoms with Gasteiger partial charge in [0, 0.05) is 32.3 Å². The van der Waals surface area contributed by atoms with Gasteiger partial charge < -0.3 is 15.4 Å². The van der Waals surface area contributed by atoms with Crippen LogP contribution < -0.4 is 5.73 Å². The molecule has 1 aliphatic heterocycles. The molecule has 0 aromatic heterocycles. The van der Waals surface area contributed by atoms with Crippen LogP contribution in [-0.4, -0.2) is 43.3 Å². The van der Waals surface area contributed by atoms with Crippen molar-refractivity contribution in [2.45, 2.75) is 57.6 Å². The van der Waals surface area contributed by atoms with Crippen molar-refractivity contribution in [3.63, 3.8) is 0 Å². The average molecular weight is 240 g/mol. The van der Waals surface area contributed by atoms with Gasteiger partial charge in [-0.05, 0) is 38.5 Å². The lowest BCUT2D eigenvalue weighted by molar-refractivity contribution is 0.00901. The first kappa shape index (κ1) is 13.3. The van der Waals surface area contributed by atoms with Gasteiger partial charge in [0.15, 0.2) is 0 Å². The Morgan fingerprint density at radius 3 is 2.47 bits per heavy atom. The Kier molecular flexibility index (Phi) is 5.26. The number of likely N-dealkylation sites (tertiary alicyclic amines) is 1. The van der Waals surface area contributed by atoms with Gasteiger partial charge in [-0.3, -0.25) is 0 Å². The predicted molar refractivity (Wildman–Crippen MR) is 71.0 cm³/mol. The summed E-state index contributed by atoms with van der Waals surface area (Å²) in [5, 5.41) is 0. The zero-order chi connectivity index (χ0) is 12.1. The van der Waals surface area contributed by atoms with E-state index in [0.29, 0.717) is 12.1 Å². The van der Waals surface area contributed by atoms with Gasteiger partial charge in [-0.2, -0.15) is 0 Å². The molecule has 0 spiro atoms. The lowest BCUT2D eigenvalue weighted by Crippen LogP contribution is -2.45. The fraction of sp³-hybridized carbons (Fsp3) is 1.00. The van der Waals surface area contributed by atoms with Crippen LogP contribution in [0.25, 0.3) is 0 Å². The molecule has 2 unspecified atom stereocenters. The summed E-state index contributed by atoms with van der Waals surface area (Å²) >= 11 is 0. The van der Waals surface area contributed by atoms with Crippen molar-refractivity contribution in [2.24, 2.45) is 11.7 Å². The number of hydrogen-bond acceptors (Lipinski definition) is 3. The van der Waals surface area contributed by atoms with Gasteiger partial charge in [-0.25, -0.2) is 0 Å². The van der Waals surface area contributed by atoms with E-state index in [1.807, 2.05) is 0 Å². The van der Waals surface area contributed by atoms with Gasteiger partial charge in [0.2, 0.25) is 0 Å². The van der Waals surface area contributed by atoms with Crippen molar-refractivity contribution in [2.75, 3.05) is 26.2 Å². The molecule has 1 saturated heterocycles.